The molecule has 0 aromatic heterocycles. The Balaban J connectivity index is 1.71. The minimum absolute atomic E-state index is 0.314. The first-order valence-corrected chi connectivity index (χ1v) is 5.76. The fourth-order valence-corrected chi connectivity index (χ4v) is 1.83. The van der Waals surface area contributed by atoms with Gasteiger partial charge in [0.25, 0.3) is 0 Å². The van der Waals surface area contributed by atoms with E-state index in [-0.39, 0.29) is 0 Å². The molecule has 1 heterocycles. The lowest BCUT2D eigenvalue weighted by molar-refractivity contribution is 0.0106. The minimum atomic E-state index is 0.314. The van der Waals surface area contributed by atoms with Crippen LogP contribution in [-0.2, 0) is 16.1 Å². The van der Waals surface area contributed by atoms with E-state index in [1.807, 2.05) is 24.3 Å². The number of thiol groups is 1. The third kappa shape index (κ3) is 3.52. The SMILES string of the molecule is Sc1ccc(COCC2CCCO2)cc1. The number of ether oxygens (including phenoxy) is 2. The van der Waals surface area contributed by atoms with Gasteiger partial charge >= 0.3 is 0 Å². The smallest absolute Gasteiger partial charge is 0.0809 e. The van der Waals surface area contributed by atoms with E-state index in [4.69, 9.17) is 9.47 Å². The average Bonchev–Trinajstić information content (AvgIpc) is 2.74. The zero-order valence-electron chi connectivity index (χ0n) is 8.69. The molecule has 1 aliphatic heterocycles. The Hall–Kier alpha value is -0.510. The molecule has 2 rings (SSSR count). The Kier molecular flexibility index (Phi) is 4.06. The molecule has 1 saturated heterocycles. The summed E-state index contributed by atoms with van der Waals surface area (Å²) in [5.41, 5.74) is 1.19. The van der Waals surface area contributed by atoms with Gasteiger partial charge in [-0.3, -0.25) is 0 Å². The maximum atomic E-state index is 5.59. The summed E-state index contributed by atoms with van der Waals surface area (Å²) in [6.07, 6.45) is 2.62. The summed E-state index contributed by atoms with van der Waals surface area (Å²) in [6, 6.07) is 8.04. The van der Waals surface area contributed by atoms with Crippen LogP contribution in [0.1, 0.15) is 18.4 Å². The summed E-state index contributed by atoms with van der Waals surface area (Å²) >= 11 is 4.23. The zero-order valence-corrected chi connectivity index (χ0v) is 9.58. The van der Waals surface area contributed by atoms with Crippen molar-refractivity contribution in [3.05, 3.63) is 29.8 Å². The van der Waals surface area contributed by atoms with Gasteiger partial charge in [-0.05, 0) is 30.5 Å². The molecule has 0 aliphatic carbocycles. The highest BCUT2D eigenvalue weighted by Crippen LogP contribution is 2.13. The predicted octanol–water partition coefficient (Wildman–Crippen LogP) is 2.67. The first kappa shape index (κ1) is 11.0. The second-order valence-corrected chi connectivity index (χ2v) is 4.33. The summed E-state index contributed by atoms with van der Waals surface area (Å²) in [5, 5.41) is 0. The Labute approximate surface area is 96.0 Å². The molecule has 1 aliphatic rings. The van der Waals surface area contributed by atoms with E-state index < -0.39 is 0 Å². The van der Waals surface area contributed by atoms with E-state index in [0.717, 1.165) is 17.9 Å². The zero-order chi connectivity index (χ0) is 10.5. The van der Waals surface area contributed by atoms with Crippen LogP contribution in [0.25, 0.3) is 0 Å². The van der Waals surface area contributed by atoms with Crippen LogP contribution in [0.15, 0.2) is 29.2 Å². The largest absolute Gasteiger partial charge is 0.376 e. The molecule has 1 atom stereocenters. The molecule has 0 bridgehead atoms. The standard InChI is InChI=1S/C12H16O2S/c15-12-5-3-10(4-6-12)8-13-9-11-2-1-7-14-11/h3-6,11,15H,1-2,7-9H2. The van der Waals surface area contributed by atoms with Crippen LogP contribution in [0.5, 0.6) is 0 Å². The van der Waals surface area contributed by atoms with Crippen LogP contribution in [0.4, 0.5) is 0 Å². The van der Waals surface area contributed by atoms with Gasteiger partial charge in [-0.1, -0.05) is 12.1 Å². The molecule has 1 fully saturated rings. The molecule has 82 valence electrons. The maximum absolute atomic E-state index is 5.59. The highest BCUT2D eigenvalue weighted by Gasteiger charge is 2.14. The Morgan fingerprint density at radius 3 is 2.80 bits per heavy atom. The molecule has 15 heavy (non-hydrogen) atoms. The molecule has 3 heteroatoms. The molecular weight excluding hydrogens is 208 g/mol. The fourth-order valence-electron chi connectivity index (χ4n) is 1.68. The highest BCUT2D eigenvalue weighted by atomic mass is 32.1. The second-order valence-electron chi connectivity index (χ2n) is 3.82. The van der Waals surface area contributed by atoms with Gasteiger partial charge in [0.2, 0.25) is 0 Å². The summed E-state index contributed by atoms with van der Waals surface area (Å²) in [6.45, 7) is 2.26. The third-order valence-electron chi connectivity index (χ3n) is 2.53. The lowest BCUT2D eigenvalue weighted by Crippen LogP contribution is -2.13. The van der Waals surface area contributed by atoms with Crippen LogP contribution in [0, 0.1) is 0 Å². The molecule has 1 aromatic rings. The van der Waals surface area contributed by atoms with Crippen molar-refractivity contribution in [2.24, 2.45) is 0 Å². The van der Waals surface area contributed by atoms with Gasteiger partial charge in [0, 0.05) is 11.5 Å². The summed E-state index contributed by atoms with van der Waals surface area (Å²) in [4.78, 5) is 0.984. The van der Waals surface area contributed by atoms with Crippen molar-refractivity contribution in [1.29, 1.82) is 0 Å². The number of hydrogen-bond acceptors (Lipinski definition) is 3. The highest BCUT2D eigenvalue weighted by molar-refractivity contribution is 7.80. The molecule has 1 unspecified atom stereocenters. The average molecular weight is 224 g/mol. The van der Waals surface area contributed by atoms with Gasteiger partial charge in [-0.25, -0.2) is 0 Å². The lowest BCUT2D eigenvalue weighted by atomic mass is 10.2. The van der Waals surface area contributed by atoms with E-state index in [9.17, 15) is 0 Å². The Morgan fingerprint density at radius 2 is 2.13 bits per heavy atom. The van der Waals surface area contributed by atoms with Gasteiger partial charge in [0.15, 0.2) is 0 Å². The van der Waals surface area contributed by atoms with Crippen molar-refractivity contribution in [1.82, 2.24) is 0 Å². The van der Waals surface area contributed by atoms with Gasteiger partial charge in [0.05, 0.1) is 19.3 Å². The number of benzene rings is 1. The van der Waals surface area contributed by atoms with Crippen molar-refractivity contribution in [2.75, 3.05) is 13.2 Å². The first-order chi connectivity index (χ1) is 7.34. The van der Waals surface area contributed by atoms with Gasteiger partial charge < -0.3 is 9.47 Å². The van der Waals surface area contributed by atoms with Gasteiger partial charge in [-0.2, -0.15) is 0 Å². The molecule has 2 nitrogen and oxygen atoms in total. The van der Waals surface area contributed by atoms with Crippen LogP contribution in [0.3, 0.4) is 0 Å². The fraction of sp³-hybridized carbons (Fsp3) is 0.500. The van der Waals surface area contributed by atoms with Crippen molar-refractivity contribution in [2.45, 2.75) is 30.4 Å². The van der Waals surface area contributed by atoms with Crippen molar-refractivity contribution >= 4 is 12.6 Å². The molecule has 0 radical (unpaired) electrons. The van der Waals surface area contributed by atoms with Gasteiger partial charge in [-0.15, -0.1) is 12.6 Å². The monoisotopic (exact) mass is 224 g/mol. The summed E-state index contributed by atoms with van der Waals surface area (Å²) < 4.78 is 11.1. The summed E-state index contributed by atoms with van der Waals surface area (Å²) in [7, 11) is 0. The Bertz CT molecular complexity index is 291. The molecular formula is C12H16O2S. The van der Waals surface area contributed by atoms with E-state index in [2.05, 4.69) is 12.6 Å². The molecule has 0 N–H and O–H groups in total. The number of rotatable bonds is 4. The maximum Gasteiger partial charge on any atom is 0.0809 e. The summed E-state index contributed by atoms with van der Waals surface area (Å²) in [5.74, 6) is 0. The minimum Gasteiger partial charge on any atom is -0.376 e. The lowest BCUT2D eigenvalue weighted by Gasteiger charge is -2.09. The van der Waals surface area contributed by atoms with E-state index in [1.165, 1.54) is 12.0 Å². The number of hydrogen-bond donors (Lipinski definition) is 1. The first-order valence-electron chi connectivity index (χ1n) is 5.32. The van der Waals surface area contributed by atoms with Crippen LogP contribution in [-0.4, -0.2) is 19.3 Å². The van der Waals surface area contributed by atoms with E-state index in [0.29, 0.717) is 19.3 Å². The molecule has 1 aromatic carbocycles. The topological polar surface area (TPSA) is 18.5 Å². The van der Waals surface area contributed by atoms with Crippen LogP contribution in [0.2, 0.25) is 0 Å². The second kappa shape index (κ2) is 5.54. The molecule has 0 amide bonds. The molecule has 0 saturated carbocycles. The predicted molar refractivity (Wildman–Crippen MR) is 62.3 cm³/mol. The Morgan fingerprint density at radius 1 is 1.33 bits per heavy atom. The van der Waals surface area contributed by atoms with Crippen LogP contribution >= 0.6 is 12.6 Å². The van der Waals surface area contributed by atoms with E-state index >= 15 is 0 Å². The van der Waals surface area contributed by atoms with Gasteiger partial charge in [0.1, 0.15) is 0 Å². The third-order valence-corrected chi connectivity index (χ3v) is 2.83. The van der Waals surface area contributed by atoms with Crippen molar-refractivity contribution in [3.8, 4) is 0 Å². The van der Waals surface area contributed by atoms with Crippen molar-refractivity contribution < 1.29 is 9.47 Å². The normalized spacial score (nSPS) is 20.7. The van der Waals surface area contributed by atoms with Crippen LogP contribution < -0.4 is 0 Å². The quantitative estimate of drug-likeness (QED) is 0.793. The molecule has 0 spiro atoms. The van der Waals surface area contributed by atoms with E-state index in [1.54, 1.807) is 0 Å². The van der Waals surface area contributed by atoms with Crippen molar-refractivity contribution in [3.63, 3.8) is 0 Å².